The van der Waals surface area contributed by atoms with Gasteiger partial charge >= 0.3 is 0 Å². The van der Waals surface area contributed by atoms with Crippen LogP contribution in [0.4, 0.5) is 0 Å². The minimum atomic E-state index is 0.203. The number of amidine groups is 1. The van der Waals surface area contributed by atoms with Crippen LogP contribution in [0.2, 0.25) is 0 Å². The van der Waals surface area contributed by atoms with Crippen molar-refractivity contribution in [2.75, 3.05) is 19.6 Å². The Bertz CT molecular complexity index is 198. The molecule has 1 saturated heterocycles. The molecule has 1 unspecified atom stereocenters. The molecule has 1 fully saturated rings. The van der Waals surface area contributed by atoms with Crippen LogP contribution in [0.1, 0.15) is 27.2 Å². The molecule has 76 valence electrons. The first-order valence-electron chi connectivity index (χ1n) is 4.97. The van der Waals surface area contributed by atoms with Crippen LogP contribution < -0.4 is 5.73 Å². The molecule has 3 heteroatoms. The van der Waals surface area contributed by atoms with E-state index in [0.29, 0.717) is 11.3 Å². The second-order valence-electron chi connectivity index (χ2n) is 5.01. The average Bonchev–Trinajstić information content (AvgIpc) is 2.30. The predicted octanol–water partition coefficient (Wildman–Crippen LogP) is 1.29. The Labute approximate surface area is 80.8 Å². The molecular weight excluding hydrogens is 162 g/mol. The summed E-state index contributed by atoms with van der Waals surface area (Å²) in [5, 5.41) is 7.31. The fraction of sp³-hybridized carbons (Fsp3) is 0.900. The Morgan fingerprint density at radius 2 is 2.23 bits per heavy atom. The first-order valence-corrected chi connectivity index (χ1v) is 4.97. The van der Waals surface area contributed by atoms with Crippen LogP contribution in [0.25, 0.3) is 0 Å². The summed E-state index contributed by atoms with van der Waals surface area (Å²) in [5.41, 5.74) is 5.89. The van der Waals surface area contributed by atoms with Crippen LogP contribution in [0.3, 0.4) is 0 Å². The maximum Gasteiger partial charge on any atom is 0.0947 e. The highest BCUT2D eigenvalue weighted by Crippen LogP contribution is 2.28. The molecule has 1 aliphatic heterocycles. The largest absolute Gasteiger partial charge is 0.387 e. The van der Waals surface area contributed by atoms with Crippen molar-refractivity contribution in [2.24, 2.45) is 17.1 Å². The van der Waals surface area contributed by atoms with E-state index in [1.54, 1.807) is 0 Å². The smallest absolute Gasteiger partial charge is 0.0947 e. The molecule has 3 N–H and O–H groups in total. The van der Waals surface area contributed by atoms with Gasteiger partial charge in [-0.15, -0.1) is 0 Å². The van der Waals surface area contributed by atoms with Crippen molar-refractivity contribution in [3.63, 3.8) is 0 Å². The summed E-state index contributed by atoms with van der Waals surface area (Å²) >= 11 is 0. The van der Waals surface area contributed by atoms with Gasteiger partial charge in [0.05, 0.1) is 5.84 Å². The van der Waals surface area contributed by atoms with E-state index in [9.17, 15) is 0 Å². The summed E-state index contributed by atoms with van der Waals surface area (Å²) in [6, 6.07) is 0. The quantitative estimate of drug-likeness (QED) is 0.511. The van der Waals surface area contributed by atoms with Gasteiger partial charge in [0, 0.05) is 19.0 Å². The zero-order valence-electron chi connectivity index (χ0n) is 8.93. The molecule has 0 saturated carbocycles. The van der Waals surface area contributed by atoms with Gasteiger partial charge in [-0.25, -0.2) is 0 Å². The van der Waals surface area contributed by atoms with Gasteiger partial charge in [0.25, 0.3) is 0 Å². The highest BCUT2D eigenvalue weighted by atomic mass is 15.2. The zero-order chi connectivity index (χ0) is 10.1. The number of hydrogen-bond donors (Lipinski definition) is 2. The number of nitrogens with one attached hydrogen (secondary N) is 1. The van der Waals surface area contributed by atoms with E-state index < -0.39 is 0 Å². The van der Waals surface area contributed by atoms with E-state index in [0.717, 1.165) is 19.6 Å². The molecule has 0 aliphatic carbocycles. The number of nitrogens with two attached hydrogens (primary N) is 1. The number of nitrogens with zero attached hydrogens (tertiary/aromatic N) is 1. The lowest BCUT2D eigenvalue weighted by molar-refractivity contribution is 0.277. The summed E-state index contributed by atoms with van der Waals surface area (Å²) in [6.07, 6.45) is 1.26. The molecule has 3 nitrogen and oxygen atoms in total. The highest BCUT2D eigenvalue weighted by Gasteiger charge is 2.29. The third-order valence-corrected chi connectivity index (χ3v) is 2.82. The van der Waals surface area contributed by atoms with Crippen LogP contribution in [0.15, 0.2) is 0 Å². The van der Waals surface area contributed by atoms with E-state index in [4.69, 9.17) is 11.1 Å². The fourth-order valence-corrected chi connectivity index (χ4v) is 1.87. The Kier molecular flexibility index (Phi) is 2.96. The molecular formula is C10H21N3. The van der Waals surface area contributed by atoms with Gasteiger partial charge in [-0.3, -0.25) is 5.41 Å². The normalized spacial score (nSPS) is 24.5. The SMILES string of the molecule is CC(CN1CCC(C)(C)C1)C(=N)N. The van der Waals surface area contributed by atoms with Crippen molar-refractivity contribution >= 4 is 5.84 Å². The molecule has 0 amide bonds. The van der Waals surface area contributed by atoms with Crippen molar-refractivity contribution in [2.45, 2.75) is 27.2 Å². The monoisotopic (exact) mass is 183 g/mol. The van der Waals surface area contributed by atoms with E-state index in [1.807, 2.05) is 6.92 Å². The van der Waals surface area contributed by atoms with Gasteiger partial charge in [0.1, 0.15) is 0 Å². The maximum atomic E-state index is 7.31. The molecule has 0 aromatic carbocycles. The molecule has 1 aliphatic rings. The molecule has 13 heavy (non-hydrogen) atoms. The van der Waals surface area contributed by atoms with Crippen LogP contribution >= 0.6 is 0 Å². The molecule has 0 radical (unpaired) electrons. The van der Waals surface area contributed by atoms with E-state index >= 15 is 0 Å². The summed E-state index contributed by atoms with van der Waals surface area (Å²) in [6.45, 7) is 9.86. The third kappa shape index (κ3) is 2.99. The fourth-order valence-electron chi connectivity index (χ4n) is 1.87. The van der Waals surface area contributed by atoms with E-state index in [-0.39, 0.29) is 5.92 Å². The van der Waals surface area contributed by atoms with Crippen molar-refractivity contribution < 1.29 is 0 Å². The topological polar surface area (TPSA) is 53.1 Å². The van der Waals surface area contributed by atoms with Crippen molar-refractivity contribution in [1.82, 2.24) is 4.90 Å². The van der Waals surface area contributed by atoms with Crippen molar-refractivity contribution in [1.29, 1.82) is 5.41 Å². The molecule has 0 aromatic heterocycles. The molecule has 1 rings (SSSR count). The first kappa shape index (κ1) is 10.5. The lowest BCUT2D eigenvalue weighted by Gasteiger charge is -2.22. The minimum Gasteiger partial charge on any atom is -0.387 e. The predicted molar refractivity (Wildman–Crippen MR) is 55.9 cm³/mol. The van der Waals surface area contributed by atoms with Crippen LogP contribution in [-0.2, 0) is 0 Å². The number of likely N-dealkylation sites (tertiary alicyclic amines) is 1. The summed E-state index contributed by atoms with van der Waals surface area (Å²) in [7, 11) is 0. The summed E-state index contributed by atoms with van der Waals surface area (Å²) in [5.74, 6) is 0.513. The molecule has 1 atom stereocenters. The van der Waals surface area contributed by atoms with Crippen LogP contribution in [0, 0.1) is 16.7 Å². The molecule has 0 bridgehead atoms. The second-order valence-corrected chi connectivity index (χ2v) is 5.01. The Balaban J connectivity index is 2.36. The van der Waals surface area contributed by atoms with E-state index in [2.05, 4.69) is 18.7 Å². The standard InChI is InChI=1S/C10H21N3/c1-8(9(11)12)6-13-5-4-10(2,3)7-13/h8H,4-7H2,1-3H3,(H3,11,12). The van der Waals surface area contributed by atoms with Crippen molar-refractivity contribution in [3.05, 3.63) is 0 Å². The summed E-state index contributed by atoms with van der Waals surface area (Å²) < 4.78 is 0. The number of hydrogen-bond acceptors (Lipinski definition) is 2. The van der Waals surface area contributed by atoms with Gasteiger partial charge in [-0.05, 0) is 18.4 Å². The lowest BCUT2D eigenvalue weighted by Crippen LogP contribution is -2.33. The van der Waals surface area contributed by atoms with Crippen LogP contribution in [-0.4, -0.2) is 30.4 Å². The van der Waals surface area contributed by atoms with Gasteiger partial charge in [-0.1, -0.05) is 20.8 Å². The van der Waals surface area contributed by atoms with Gasteiger partial charge in [-0.2, -0.15) is 0 Å². The van der Waals surface area contributed by atoms with Gasteiger partial charge in [0.2, 0.25) is 0 Å². The molecule has 0 spiro atoms. The average molecular weight is 183 g/mol. The lowest BCUT2D eigenvalue weighted by atomic mass is 9.93. The second kappa shape index (κ2) is 3.66. The van der Waals surface area contributed by atoms with Gasteiger partial charge < -0.3 is 10.6 Å². The minimum absolute atomic E-state index is 0.203. The van der Waals surface area contributed by atoms with Gasteiger partial charge in [0.15, 0.2) is 0 Å². The van der Waals surface area contributed by atoms with E-state index in [1.165, 1.54) is 6.42 Å². The first-order chi connectivity index (χ1) is 5.91. The molecule has 0 aromatic rings. The Morgan fingerprint density at radius 1 is 1.62 bits per heavy atom. The zero-order valence-corrected chi connectivity index (χ0v) is 8.93. The third-order valence-electron chi connectivity index (χ3n) is 2.82. The summed E-state index contributed by atoms with van der Waals surface area (Å²) in [4.78, 5) is 2.41. The Morgan fingerprint density at radius 3 is 2.62 bits per heavy atom. The Hall–Kier alpha value is -0.570. The maximum absolute atomic E-state index is 7.31. The highest BCUT2D eigenvalue weighted by molar-refractivity contribution is 5.79. The molecule has 1 heterocycles. The van der Waals surface area contributed by atoms with Crippen LogP contribution in [0.5, 0.6) is 0 Å². The number of rotatable bonds is 3. The van der Waals surface area contributed by atoms with Crippen molar-refractivity contribution in [3.8, 4) is 0 Å².